The molecule has 150 valence electrons. The molecule has 0 spiro atoms. The molecule has 0 saturated carbocycles. The van der Waals surface area contributed by atoms with Crippen molar-refractivity contribution >= 4 is 11.7 Å². The smallest absolute Gasteiger partial charge is 0.244 e. The Hall–Kier alpha value is -3.16. The van der Waals surface area contributed by atoms with Gasteiger partial charge in [0, 0.05) is 18.3 Å². The largest absolute Gasteiger partial charge is 0.497 e. The molecule has 2 aromatic carbocycles. The van der Waals surface area contributed by atoms with Crippen LogP contribution in [0.3, 0.4) is 0 Å². The zero-order valence-corrected chi connectivity index (χ0v) is 16.6. The summed E-state index contributed by atoms with van der Waals surface area (Å²) >= 11 is 0. The zero-order chi connectivity index (χ0) is 20.2. The first-order valence-corrected chi connectivity index (χ1v) is 9.66. The summed E-state index contributed by atoms with van der Waals surface area (Å²) in [5, 5.41) is 7.38. The van der Waals surface area contributed by atoms with Gasteiger partial charge in [-0.1, -0.05) is 36.4 Å². The molecule has 1 saturated heterocycles. The normalized spacial score (nSPS) is 18.6. The number of hydrazine groups is 1. The number of rotatable bonds is 6. The highest BCUT2D eigenvalue weighted by molar-refractivity contribution is 5.94. The van der Waals surface area contributed by atoms with Crippen LogP contribution in [0, 0.1) is 6.92 Å². The number of hydrogen-bond acceptors (Lipinski definition) is 5. The second-order valence-corrected chi connectivity index (χ2v) is 7.22. The van der Waals surface area contributed by atoms with Crippen LogP contribution in [-0.2, 0) is 11.3 Å². The lowest BCUT2D eigenvalue weighted by Crippen LogP contribution is -2.39. The average molecular weight is 391 g/mol. The maximum Gasteiger partial charge on any atom is 0.244 e. The molecule has 2 unspecified atom stereocenters. The Kier molecular flexibility index (Phi) is 5.59. The van der Waals surface area contributed by atoms with Gasteiger partial charge in [0.1, 0.15) is 11.8 Å². The van der Waals surface area contributed by atoms with Gasteiger partial charge in [0.25, 0.3) is 0 Å². The fourth-order valence-electron chi connectivity index (χ4n) is 3.47. The first-order chi connectivity index (χ1) is 14.1. The number of methoxy groups -OCH3 is 1. The first kappa shape index (κ1) is 19.2. The number of carbonyl (C=O) groups is 1. The van der Waals surface area contributed by atoms with Crippen LogP contribution < -0.4 is 20.9 Å². The van der Waals surface area contributed by atoms with E-state index >= 15 is 0 Å². The molecular formula is C22H25N5O2. The third kappa shape index (κ3) is 4.47. The second-order valence-electron chi connectivity index (χ2n) is 7.22. The number of anilines is 1. The molecule has 1 fully saturated rings. The molecule has 1 aliphatic heterocycles. The van der Waals surface area contributed by atoms with Crippen molar-refractivity contribution in [1.82, 2.24) is 20.6 Å². The van der Waals surface area contributed by atoms with Gasteiger partial charge in [-0.3, -0.25) is 9.48 Å². The number of nitrogens with one attached hydrogen (secondary N) is 3. The van der Waals surface area contributed by atoms with E-state index in [-0.39, 0.29) is 18.0 Å². The maximum absolute atomic E-state index is 12.6. The molecule has 3 N–H and O–H groups in total. The van der Waals surface area contributed by atoms with Crippen molar-refractivity contribution in [2.75, 3.05) is 12.4 Å². The van der Waals surface area contributed by atoms with Crippen LogP contribution in [0.25, 0.3) is 0 Å². The van der Waals surface area contributed by atoms with E-state index in [1.54, 1.807) is 7.11 Å². The fourth-order valence-corrected chi connectivity index (χ4v) is 3.47. The van der Waals surface area contributed by atoms with Crippen LogP contribution in [0.15, 0.2) is 60.8 Å². The van der Waals surface area contributed by atoms with Gasteiger partial charge in [-0.05, 0) is 42.2 Å². The van der Waals surface area contributed by atoms with Crippen molar-refractivity contribution in [3.63, 3.8) is 0 Å². The molecule has 29 heavy (non-hydrogen) atoms. The van der Waals surface area contributed by atoms with E-state index in [1.165, 1.54) is 11.1 Å². The molecule has 4 rings (SSSR count). The number of ether oxygens (including phenoxy) is 1. The van der Waals surface area contributed by atoms with E-state index in [0.717, 1.165) is 11.3 Å². The van der Waals surface area contributed by atoms with E-state index in [0.29, 0.717) is 18.8 Å². The lowest BCUT2D eigenvalue weighted by atomic mass is 10.0. The summed E-state index contributed by atoms with van der Waals surface area (Å²) in [6.07, 6.45) is 2.53. The van der Waals surface area contributed by atoms with Crippen LogP contribution in [0.5, 0.6) is 5.75 Å². The summed E-state index contributed by atoms with van der Waals surface area (Å²) in [5.74, 6) is 1.27. The Balaban J connectivity index is 1.34. The molecule has 1 amide bonds. The van der Waals surface area contributed by atoms with Crippen molar-refractivity contribution in [2.24, 2.45) is 0 Å². The number of carbonyl (C=O) groups excluding carboxylic acids is 1. The Labute approximate surface area is 170 Å². The van der Waals surface area contributed by atoms with Crippen LogP contribution >= 0.6 is 0 Å². The molecule has 1 aromatic heterocycles. The summed E-state index contributed by atoms with van der Waals surface area (Å²) < 4.78 is 7.03. The van der Waals surface area contributed by atoms with Crippen LogP contribution in [-0.4, -0.2) is 28.8 Å². The molecule has 7 heteroatoms. The second kappa shape index (κ2) is 8.46. The van der Waals surface area contributed by atoms with Gasteiger partial charge < -0.3 is 10.1 Å². The fraction of sp³-hybridized carbons (Fsp3) is 0.273. The number of amides is 1. The third-order valence-electron chi connectivity index (χ3n) is 5.22. The van der Waals surface area contributed by atoms with Gasteiger partial charge in [0.2, 0.25) is 5.91 Å². The van der Waals surface area contributed by atoms with Gasteiger partial charge in [-0.25, -0.2) is 10.9 Å². The lowest BCUT2D eigenvalue weighted by molar-refractivity contribution is -0.117. The quantitative estimate of drug-likeness (QED) is 0.602. The van der Waals surface area contributed by atoms with Gasteiger partial charge in [-0.2, -0.15) is 5.10 Å². The van der Waals surface area contributed by atoms with Gasteiger partial charge in [-0.15, -0.1) is 0 Å². The van der Waals surface area contributed by atoms with Crippen molar-refractivity contribution in [3.8, 4) is 5.75 Å². The van der Waals surface area contributed by atoms with E-state index in [4.69, 9.17) is 4.74 Å². The summed E-state index contributed by atoms with van der Waals surface area (Å²) in [5.41, 5.74) is 9.81. The Morgan fingerprint density at radius 1 is 1.17 bits per heavy atom. The van der Waals surface area contributed by atoms with E-state index < -0.39 is 0 Å². The highest BCUT2D eigenvalue weighted by atomic mass is 16.5. The van der Waals surface area contributed by atoms with Crippen molar-refractivity contribution in [2.45, 2.75) is 32.0 Å². The molecular weight excluding hydrogens is 366 g/mol. The summed E-state index contributed by atoms with van der Waals surface area (Å²) in [7, 11) is 1.65. The van der Waals surface area contributed by atoms with Gasteiger partial charge >= 0.3 is 0 Å². The van der Waals surface area contributed by atoms with E-state index in [9.17, 15) is 4.79 Å². The van der Waals surface area contributed by atoms with Gasteiger partial charge in [0.05, 0.1) is 13.7 Å². The Morgan fingerprint density at radius 3 is 2.72 bits per heavy atom. The molecule has 0 aliphatic carbocycles. The first-order valence-electron chi connectivity index (χ1n) is 9.66. The Bertz CT molecular complexity index is 983. The van der Waals surface area contributed by atoms with Crippen LogP contribution in [0.4, 0.5) is 5.82 Å². The molecule has 0 radical (unpaired) electrons. The van der Waals surface area contributed by atoms with E-state index in [2.05, 4.69) is 40.3 Å². The monoisotopic (exact) mass is 391 g/mol. The standard InChI is InChI=1S/C22H25N5O2/c1-15-5-3-4-6-17(15)14-27-12-11-21(26-27)23-22(28)20-13-19(24-25-20)16-7-9-18(29-2)10-8-16/h3-12,19-20,24-25H,13-14H2,1-2H3,(H,23,26,28). The zero-order valence-electron chi connectivity index (χ0n) is 16.6. The molecule has 3 aromatic rings. The molecule has 2 heterocycles. The molecule has 2 atom stereocenters. The molecule has 1 aliphatic rings. The minimum Gasteiger partial charge on any atom is -0.497 e. The number of aromatic nitrogens is 2. The highest BCUT2D eigenvalue weighted by Crippen LogP contribution is 2.24. The summed E-state index contributed by atoms with van der Waals surface area (Å²) in [4.78, 5) is 12.6. The number of nitrogens with zero attached hydrogens (tertiary/aromatic N) is 2. The third-order valence-corrected chi connectivity index (χ3v) is 5.22. The topological polar surface area (TPSA) is 80.2 Å². The number of hydrogen-bond donors (Lipinski definition) is 3. The number of aryl methyl sites for hydroxylation is 1. The minimum absolute atomic E-state index is 0.0651. The predicted molar refractivity (Wildman–Crippen MR) is 112 cm³/mol. The summed E-state index contributed by atoms with van der Waals surface area (Å²) in [6.45, 7) is 2.75. The van der Waals surface area contributed by atoms with Gasteiger partial charge in [0.15, 0.2) is 5.82 Å². The van der Waals surface area contributed by atoms with Crippen LogP contribution in [0.2, 0.25) is 0 Å². The minimum atomic E-state index is -0.330. The molecule has 7 nitrogen and oxygen atoms in total. The van der Waals surface area contributed by atoms with Crippen molar-refractivity contribution in [1.29, 1.82) is 0 Å². The van der Waals surface area contributed by atoms with Crippen molar-refractivity contribution in [3.05, 3.63) is 77.5 Å². The predicted octanol–water partition coefficient (Wildman–Crippen LogP) is 2.79. The Morgan fingerprint density at radius 2 is 1.97 bits per heavy atom. The molecule has 0 bridgehead atoms. The SMILES string of the molecule is COc1ccc(C2CC(C(=O)Nc3ccn(Cc4ccccc4C)n3)NN2)cc1. The average Bonchev–Trinajstić information content (AvgIpc) is 3.40. The maximum atomic E-state index is 12.6. The van der Waals surface area contributed by atoms with Crippen molar-refractivity contribution < 1.29 is 9.53 Å². The number of benzene rings is 2. The summed E-state index contributed by atoms with van der Waals surface area (Å²) in [6, 6.07) is 17.6. The lowest BCUT2D eigenvalue weighted by Gasteiger charge is -2.10. The van der Waals surface area contributed by atoms with E-state index in [1.807, 2.05) is 53.3 Å². The van der Waals surface area contributed by atoms with Crippen LogP contribution in [0.1, 0.15) is 29.2 Å². The highest BCUT2D eigenvalue weighted by Gasteiger charge is 2.30.